The third kappa shape index (κ3) is 3.76. The van der Waals surface area contributed by atoms with Gasteiger partial charge in [-0.3, -0.25) is 4.79 Å². The van der Waals surface area contributed by atoms with Crippen molar-refractivity contribution in [2.75, 3.05) is 13.7 Å². The Labute approximate surface area is 152 Å². The Morgan fingerprint density at radius 2 is 1.85 bits per heavy atom. The summed E-state index contributed by atoms with van der Waals surface area (Å²) in [7, 11) is 1.39. The molecule has 1 fully saturated rings. The van der Waals surface area contributed by atoms with Gasteiger partial charge in [-0.05, 0) is 0 Å². The second-order valence-electron chi connectivity index (χ2n) is 6.10. The zero-order chi connectivity index (χ0) is 19.7. The van der Waals surface area contributed by atoms with Crippen molar-refractivity contribution in [1.82, 2.24) is 0 Å². The predicted octanol–water partition coefficient (Wildman–Crippen LogP) is -1.18. The first kappa shape index (κ1) is 19.5. The molecular formula is C17H20O10. The van der Waals surface area contributed by atoms with Gasteiger partial charge in [0.25, 0.3) is 0 Å². The molecule has 5 atom stereocenters. The summed E-state index contributed by atoms with van der Waals surface area (Å²) in [6.45, 7) is -0.902. The van der Waals surface area contributed by atoms with E-state index in [-0.39, 0.29) is 34.8 Å². The fraction of sp³-hybridized carbons (Fsp3) is 0.471. The number of aliphatic hydroxyl groups is 4. The third-order valence-electron chi connectivity index (χ3n) is 4.31. The molecule has 1 saturated heterocycles. The molecule has 0 radical (unpaired) electrons. The van der Waals surface area contributed by atoms with E-state index in [1.165, 1.54) is 19.2 Å². The molecule has 1 aliphatic heterocycles. The predicted molar refractivity (Wildman–Crippen MR) is 89.3 cm³/mol. The van der Waals surface area contributed by atoms with Gasteiger partial charge in [0.1, 0.15) is 59.3 Å². The second kappa shape index (κ2) is 7.80. The number of aromatic hydroxyl groups is 1. The van der Waals surface area contributed by atoms with Gasteiger partial charge in [0.2, 0.25) is 0 Å². The van der Waals surface area contributed by atoms with Crippen LogP contribution in [0.2, 0.25) is 0 Å². The van der Waals surface area contributed by atoms with Crippen LogP contribution in [0.4, 0.5) is 0 Å². The van der Waals surface area contributed by atoms with Crippen molar-refractivity contribution in [2.45, 2.75) is 37.3 Å². The van der Waals surface area contributed by atoms with E-state index in [0.717, 1.165) is 6.07 Å². The summed E-state index contributed by atoms with van der Waals surface area (Å²) in [6.07, 6.45) is -7.12. The zero-order valence-electron chi connectivity index (χ0n) is 14.3. The summed E-state index contributed by atoms with van der Waals surface area (Å²) in [5.74, 6) is 0.0618. The minimum atomic E-state index is -1.58. The van der Waals surface area contributed by atoms with Crippen molar-refractivity contribution >= 4 is 11.0 Å². The van der Waals surface area contributed by atoms with Gasteiger partial charge in [-0.2, -0.15) is 0 Å². The Hall–Kier alpha value is -2.21. The highest BCUT2D eigenvalue weighted by Gasteiger charge is 2.44. The van der Waals surface area contributed by atoms with Gasteiger partial charge >= 0.3 is 0 Å². The number of rotatable bonds is 5. The number of hydrogen-bond acceptors (Lipinski definition) is 10. The Morgan fingerprint density at radius 3 is 2.52 bits per heavy atom. The highest BCUT2D eigenvalue weighted by Crippen LogP contribution is 2.29. The molecule has 0 bridgehead atoms. The largest absolute Gasteiger partial charge is 0.507 e. The van der Waals surface area contributed by atoms with Crippen molar-refractivity contribution in [1.29, 1.82) is 0 Å². The Bertz CT molecular complexity index is 861. The van der Waals surface area contributed by atoms with Gasteiger partial charge in [-0.15, -0.1) is 0 Å². The average Bonchev–Trinajstić information content (AvgIpc) is 2.65. The van der Waals surface area contributed by atoms with Gasteiger partial charge in [0.15, 0.2) is 11.7 Å². The molecule has 1 aromatic heterocycles. The number of fused-ring (bicyclic) bond motifs is 1. The lowest BCUT2D eigenvalue weighted by Crippen LogP contribution is -2.59. The molecule has 0 saturated carbocycles. The number of hydrogen-bond donors (Lipinski definition) is 5. The van der Waals surface area contributed by atoms with Crippen molar-refractivity contribution in [3.05, 3.63) is 34.2 Å². The maximum atomic E-state index is 12.2. The topological polar surface area (TPSA) is 159 Å². The fourth-order valence-corrected chi connectivity index (χ4v) is 2.85. The van der Waals surface area contributed by atoms with E-state index >= 15 is 0 Å². The van der Waals surface area contributed by atoms with Crippen LogP contribution >= 0.6 is 0 Å². The standard InChI is InChI=1S/C17H20O10/c1-24-7-2-9(19)13-10(20)3-8(26-11(13)4-7)6-25-17-16(23)15(22)14(21)12(5-18)27-17/h2-4,12,14-19,21-23H,5-6H2,1H3/t12-,14+,15-,16-,17+/m1/s1. The molecule has 3 rings (SSSR count). The lowest BCUT2D eigenvalue weighted by molar-refractivity contribution is -0.304. The summed E-state index contributed by atoms with van der Waals surface area (Å²) in [4.78, 5) is 12.2. The van der Waals surface area contributed by atoms with Crippen LogP contribution in [0.1, 0.15) is 5.76 Å². The van der Waals surface area contributed by atoms with E-state index in [9.17, 15) is 25.2 Å². The van der Waals surface area contributed by atoms with Crippen molar-refractivity contribution < 1.29 is 44.2 Å². The van der Waals surface area contributed by atoms with Gasteiger partial charge in [-0.25, -0.2) is 0 Å². The van der Waals surface area contributed by atoms with Gasteiger partial charge in [-0.1, -0.05) is 0 Å². The van der Waals surface area contributed by atoms with Crippen molar-refractivity contribution in [3.63, 3.8) is 0 Å². The minimum absolute atomic E-state index is 0.0209. The van der Waals surface area contributed by atoms with E-state index < -0.39 is 42.7 Å². The van der Waals surface area contributed by atoms with Crippen LogP contribution in [0.15, 0.2) is 27.4 Å². The first-order valence-corrected chi connectivity index (χ1v) is 8.11. The molecule has 0 aliphatic carbocycles. The van der Waals surface area contributed by atoms with E-state index in [0.29, 0.717) is 0 Å². The summed E-state index contributed by atoms with van der Waals surface area (Å²) in [6, 6.07) is 3.82. The van der Waals surface area contributed by atoms with Crippen LogP contribution in [0.3, 0.4) is 0 Å². The summed E-state index contributed by atoms with van der Waals surface area (Å²) >= 11 is 0. The highest BCUT2D eigenvalue weighted by molar-refractivity contribution is 5.84. The van der Waals surface area contributed by atoms with Crippen LogP contribution < -0.4 is 10.2 Å². The maximum Gasteiger partial charge on any atom is 0.196 e. The zero-order valence-corrected chi connectivity index (χ0v) is 14.3. The van der Waals surface area contributed by atoms with Crippen molar-refractivity contribution in [2.24, 2.45) is 0 Å². The Morgan fingerprint density at radius 1 is 1.11 bits per heavy atom. The number of aliphatic hydroxyl groups excluding tert-OH is 4. The number of methoxy groups -OCH3 is 1. The van der Waals surface area contributed by atoms with E-state index in [4.69, 9.17) is 23.7 Å². The summed E-state index contributed by atoms with van der Waals surface area (Å²) in [5.41, 5.74) is -0.435. The normalized spacial score (nSPS) is 28.4. The van der Waals surface area contributed by atoms with Gasteiger partial charge in [0.05, 0.1) is 13.7 Å². The minimum Gasteiger partial charge on any atom is -0.507 e. The number of benzene rings is 1. The monoisotopic (exact) mass is 384 g/mol. The molecule has 0 unspecified atom stereocenters. The van der Waals surface area contributed by atoms with Crippen LogP contribution in [0, 0.1) is 0 Å². The summed E-state index contributed by atoms with van der Waals surface area (Å²) < 4.78 is 21.1. The van der Waals surface area contributed by atoms with Crippen LogP contribution in [0.5, 0.6) is 11.5 Å². The van der Waals surface area contributed by atoms with E-state index in [1.807, 2.05) is 0 Å². The molecule has 148 valence electrons. The van der Waals surface area contributed by atoms with Crippen LogP contribution in [-0.4, -0.2) is 70.0 Å². The smallest absolute Gasteiger partial charge is 0.196 e. The van der Waals surface area contributed by atoms with Crippen LogP contribution in [0.25, 0.3) is 11.0 Å². The highest BCUT2D eigenvalue weighted by atomic mass is 16.7. The first-order valence-electron chi connectivity index (χ1n) is 8.11. The molecule has 5 N–H and O–H groups in total. The first-order chi connectivity index (χ1) is 12.8. The SMILES string of the molecule is COc1cc(O)c2c(=O)cc(CO[C@H]3O[C@H](CO)[C@H](O)[C@@H](O)[C@H]3O)oc2c1. The Balaban J connectivity index is 1.81. The second-order valence-corrected chi connectivity index (χ2v) is 6.10. The molecule has 27 heavy (non-hydrogen) atoms. The third-order valence-corrected chi connectivity index (χ3v) is 4.31. The number of ether oxygens (including phenoxy) is 3. The van der Waals surface area contributed by atoms with Crippen LogP contribution in [-0.2, 0) is 16.1 Å². The fourth-order valence-electron chi connectivity index (χ4n) is 2.85. The molecule has 2 heterocycles. The van der Waals surface area contributed by atoms with E-state index in [1.54, 1.807) is 0 Å². The molecule has 1 aromatic carbocycles. The molecule has 1 aliphatic rings. The molecular weight excluding hydrogens is 364 g/mol. The molecule has 10 nitrogen and oxygen atoms in total. The van der Waals surface area contributed by atoms with Crippen molar-refractivity contribution in [3.8, 4) is 11.5 Å². The van der Waals surface area contributed by atoms with Gasteiger partial charge in [0, 0.05) is 18.2 Å². The van der Waals surface area contributed by atoms with E-state index in [2.05, 4.69) is 0 Å². The van der Waals surface area contributed by atoms with Gasteiger partial charge < -0.3 is 44.2 Å². The molecule has 2 aromatic rings. The molecule has 0 spiro atoms. The quantitative estimate of drug-likeness (QED) is 0.425. The summed E-state index contributed by atoms with van der Waals surface area (Å²) in [5, 5.41) is 48.5. The maximum absolute atomic E-state index is 12.2. The average molecular weight is 384 g/mol. The lowest BCUT2D eigenvalue weighted by Gasteiger charge is -2.39. The Kier molecular flexibility index (Phi) is 5.65. The lowest BCUT2D eigenvalue weighted by atomic mass is 9.99. The molecule has 0 amide bonds. The number of phenolic OH excluding ortho intramolecular Hbond substituents is 1. The number of phenols is 1. The molecule has 10 heteroatoms.